The molecule has 0 saturated heterocycles. The van der Waals surface area contributed by atoms with Gasteiger partial charge in [0.1, 0.15) is 12.6 Å². The third kappa shape index (κ3) is 4.31. The van der Waals surface area contributed by atoms with Crippen molar-refractivity contribution in [3.63, 3.8) is 0 Å². The lowest BCUT2D eigenvalue weighted by atomic mass is 10.0. The van der Waals surface area contributed by atoms with Crippen LogP contribution in [0.2, 0.25) is 5.02 Å². The van der Waals surface area contributed by atoms with Crippen LogP contribution in [0.25, 0.3) is 0 Å². The lowest BCUT2D eigenvalue weighted by molar-refractivity contribution is -0.123. The first-order valence-electron chi connectivity index (χ1n) is 6.65. The van der Waals surface area contributed by atoms with Gasteiger partial charge in [0.05, 0.1) is 6.04 Å². The van der Waals surface area contributed by atoms with Crippen molar-refractivity contribution >= 4 is 17.5 Å². The largest absolute Gasteiger partial charge is 0.375 e. The lowest BCUT2D eigenvalue weighted by Crippen LogP contribution is -2.39. The van der Waals surface area contributed by atoms with E-state index in [9.17, 15) is 4.79 Å². The molecule has 2 aromatic rings. The van der Waals surface area contributed by atoms with Crippen molar-refractivity contribution in [1.82, 2.24) is 15.1 Å². The quantitative estimate of drug-likeness (QED) is 0.891. The summed E-state index contributed by atoms with van der Waals surface area (Å²) >= 11 is 5.88. The minimum atomic E-state index is -0.233. The normalized spacial score (nSPS) is 13.7. The predicted molar refractivity (Wildman–Crippen MR) is 81.0 cm³/mol. The van der Waals surface area contributed by atoms with Gasteiger partial charge in [0, 0.05) is 24.5 Å². The summed E-state index contributed by atoms with van der Waals surface area (Å²) < 4.78 is 7.07. The molecule has 1 aromatic carbocycles. The van der Waals surface area contributed by atoms with Crippen LogP contribution in [0.4, 0.5) is 0 Å². The van der Waals surface area contributed by atoms with Gasteiger partial charge >= 0.3 is 0 Å². The Hall–Kier alpha value is -1.85. The van der Waals surface area contributed by atoms with Gasteiger partial charge in [0.25, 0.3) is 0 Å². The van der Waals surface area contributed by atoms with Crippen molar-refractivity contribution < 1.29 is 9.53 Å². The van der Waals surface area contributed by atoms with Gasteiger partial charge < -0.3 is 10.1 Å². The summed E-state index contributed by atoms with van der Waals surface area (Å²) in [5.74, 6) is -0.109. The highest BCUT2D eigenvalue weighted by molar-refractivity contribution is 6.30. The number of methoxy groups -OCH3 is 1. The molecule has 21 heavy (non-hydrogen) atoms. The van der Waals surface area contributed by atoms with Crippen LogP contribution in [-0.2, 0) is 16.1 Å². The summed E-state index contributed by atoms with van der Waals surface area (Å²) in [7, 11) is 1.62. The van der Waals surface area contributed by atoms with E-state index in [2.05, 4.69) is 10.4 Å². The number of ether oxygens (including phenoxy) is 1. The third-order valence-electron chi connectivity index (χ3n) is 3.16. The van der Waals surface area contributed by atoms with E-state index >= 15 is 0 Å². The average Bonchev–Trinajstić information content (AvgIpc) is 2.94. The number of benzene rings is 1. The zero-order valence-electron chi connectivity index (χ0n) is 12.0. The number of hydrogen-bond donors (Lipinski definition) is 1. The van der Waals surface area contributed by atoms with Crippen LogP contribution in [0.1, 0.15) is 18.6 Å². The summed E-state index contributed by atoms with van der Waals surface area (Å²) in [4.78, 5) is 12.0. The van der Waals surface area contributed by atoms with E-state index in [1.807, 2.05) is 19.1 Å². The average molecular weight is 308 g/mol. The summed E-state index contributed by atoms with van der Waals surface area (Å²) in [5.41, 5.74) is 0.966. The van der Waals surface area contributed by atoms with Gasteiger partial charge in [-0.25, -0.2) is 0 Å². The summed E-state index contributed by atoms with van der Waals surface area (Å²) in [6.45, 7) is 2.10. The Labute approximate surface area is 128 Å². The Morgan fingerprint density at radius 2 is 2.14 bits per heavy atom. The van der Waals surface area contributed by atoms with E-state index in [4.69, 9.17) is 16.3 Å². The van der Waals surface area contributed by atoms with Crippen LogP contribution in [0, 0.1) is 0 Å². The van der Waals surface area contributed by atoms with Gasteiger partial charge in [-0.3, -0.25) is 9.48 Å². The van der Waals surface area contributed by atoms with E-state index in [-0.39, 0.29) is 24.6 Å². The molecule has 112 valence electrons. The maximum absolute atomic E-state index is 12.0. The van der Waals surface area contributed by atoms with Gasteiger partial charge in [0.2, 0.25) is 5.91 Å². The predicted octanol–water partition coefficient (Wildman–Crippen LogP) is 2.43. The maximum Gasteiger partial charge on any atom is 0.242 e. The first kappa shape index (κ1) is 15.5. The molecule has 0 spiro atoms. The molecule has 0 aliphatic heterocycles. The lowest BCUT2D eigenvalue weighted by Gasteiger charge is -2.24. The molecule has 0 bridgehead atoms. The Balaban J connectivity index is 1.98. The van der Waals surface area contributed by atoms with Crippen molar-refractivity contribution in [3.05, 3.63) is 53.3 Å². The Bertz CT molecular complexity index is 569. The van der Waals surface area contributed by atoms with Crippen molar-refractivity contribution in [1.29, 1.82) is 0 Å². The topological polar surface area (TPSA) is 56.1 Å². The van der Waals surface area contributed by atoms with Crippen LogP contribution in [0.5, 0.6) is 0 Å². The maximum atomic E-state index is 12.0. The number of nitrogens with one attached hydrogen (secondary N) is 1. The SMILES string of the molecule is CO[C@@H](c1ccc(Cl)cc1)[C@H](C)NC(=O)Cn1cccn1. The number of nitrogens with zero attached hydrogens (tertiary/aromatic N) is 2. The monoisotopic (exact) mass is 307 g/mol. The van der Waals surface area contributed by atoms with Gasteiger partial charge in [-0.15, -0.1) is 0 Å². The zero-order chi connectivity index (χ0) is 15.2. The molecule has 0 unspecified atom stereocenters. The van der Waals surface area contributed by atoms with Crippen LogP contribution in [0.3, 0.4) is 0 Å². The number of carbonyl (C=O) groups excluding carboxylic acids is 1. The van der Waals surface area contributed by atoms with E-state index in [1.165, 1.54) is 0 Å². The first-order valence-corrected chi connectivity index (χ1v) is 7.03. The smallest absolute Gasteiger partial charge is 0.242 e. The van der Waals surface area contributed by atoms with E-state index in [1.54, 1.807) is 42.4 Å². The molecule has 0 radical (unpaired) electrons. The second kappa shape index (κ2) is 7.24. The molecule has 0 saturated carbocycles. The highest BCUT2D eigenvalue weighted by Crippen LogP contribution is 2.22. The zero-order valence-corrected chi connectivity index (χ0v) is 12.7. The molecule has 6 heteroatoms. The Morgan fingerprint density at radius 3 is 2.71 bits per heavy atom. The molecule has 1 N–H and O–H groups in total. The molecule has 2 rings (SSSR count). The van der Waals surface area contributed by atoms with E-state index in [0.717, 1.165) is 5.56 Å². The molecule has 1 aromatic heterocycles. The second-order valence-electron chi connectivity index (χ2n) is 4.77. The Kier molecular flexibility index (Phi) is 5.36. The van der Waals surface area contributed by atoms with Gasteiger partial charge in [0.15, 0.2) is 0 Å². The van der Waals surface area contributed by atoms with Crippen molar-refractivity contribution in [2.45, 2.75) is 25.6 Å². The molecular weight excluding hydrogens is 290 g/mol. The number of halogens is 1. The van der Waals surface area contributed by atoms with Crippen LogP contribution in [-0.4, -0.2) is 28.8 Å². The highest BCUT2D eigenvalue weighted by Gasteiger charge is 2.20. The van der Waals surface area contributed by atoms with Crippen molar-refractivity contribution in [3.8, 4) is 0 Å². The summed E-state index contributed by atoms with van der Waals surface area (Å²) in [6.07, 6.45) is 3.16. The molecule has 0 aliphatic carbocycles. The highest BCUT2D eigenvalue weighted by atomic mass is 35.5. The fourth-order valence-corrected chi connectivity index (χ4v) is 2.32. The van der Waals surface area contributed by atoms with Gasteiger partial charge in [-0.2, -0.15) is 5.10 Å². The molecule has 0 fully saturated rings. The number of rotatable bonds is 6. The molecular formula is C15H18ClN3O2. The van der Waals surface area contributed by atoms with Gasteiger partial charge in [-0.05, 0) is 30.7 Å². The number of aromatic nitrogens is 2. The molecule has 5 nitrogen and oxygen atoms in total. The van der Waals surface area contributed by atoms with Gasteiger partial charge in [-0.1, -0.05) is 23.7 Å². The summed E-state index contributed by atoms with van der Waals surface area (Å²) in [5, 5.41) is 7.60. The minimum absolute atomic E-state index is 0.109. The van der Waals surface area contributed by atoms with E-state index < -0.39 is 0 Å². The second-order valence-corrected chi connectivity index (χ2v) is 5.20. The first-order chi connectivity index (χ1) is 10.1. The van der Waals surface area contributed by atoms with Crippen LogP contribution >= 0.6 is 11.6 Å². The number of hydrogen-bond acceptors (Lipinski definition) is 3. The van der Waals surface area contributed by atoms with Crippen LogP contribution in [0.15, 0.2) is 42.7 Å². The molecule has 2 atom stereocenters. The van der Waals surface area contributed by atoms with Crippen LogP contribution < -0.4 is 5.32 Å². The standard InChI is InChI=1S/C15H18ClN3O2/c1-11(18-14(20)10-19-9-3-8-17-19)15(21-2)12-4-6-13(16)7-5-12/h3-9,11,15H,10H2,1-2H3,(H,18,20)/t11-,15+/m0/s1. The Morgan fingerprint density at radius 1 is 1.43 bits per heavy atom. The molecule has 0 aliphatic rings. The number of carbonyl (C=O) groups is 1. The molecule has 1 heterocycles. The van der Waals surface area contributed by atoms with Crippen molar-refractivity contribution in [2.75, 3.05) is 7.11 Å². The molecule has 1 amide bonds. The summed E-state index contributed by atoms with van der Waals surface area (Å²) in [6, 6.07) is 9.02. The van der Waals surface area contributed by atoms with Crippen molar-refractivity contribution in [2.24, 2.45) is 0 Å². The fraction of sp³-hybridized carbons (Fsp3) is 0.333. The fourth-order valence-electron chi connectivity index (χ4n) is 2.20. The number of amides is 1. The third-order valence-corrected chi connectivity index (χ3v) is 3.41. The minimum Gasteiger partial charge on any atom is -0.375 e. The van der Waals surface area contributed by atoms with E-state index in [0.29, 0.717) is 5.02 Å².